The Balaban J connectivity index is 1.98. The van der Waals surface area contributed by atoms with E-state index in [1.807, 2.05) is 0 Å². The summed E-state index contributed by atoms with van der Waals surface area (Å²) in [7, 11) is 0. The van der Waals surface area contributed by atoms with Crippen LogP contribution in [0.4, 0.5) is 13.2 Å². The molecule has 0 amide bonds. The summed E-state index contributed by atoms with van der Waals surface area (Å²) < 4.78 is 40.1. The Morgan fingerprint density at radius 2 is 1.60 bits per heavy atom. The molecule has 1 aliphatic carbocycles. The minimum absolute atomic E-state index is 0.356. The van der Waals surface area contributed by atoms with E-state index in [4.69, 9.17) is 0 Å². The van der Waals surface area contributed by atoms with Crippen LogP contribution in [-0.2, 0) is 6.54 Å². The summed E-state index contributed by atoms with van der Waals surface area (Å²) in [5.41, 5.74) is 1.72. The van der Waals surface area contributed by atoms with Gasteiger partial charge in [-0.15, -0.1) is 0 Å². The van der Waals surface area contributed by atoms with E-state index in [1.54, 1.807) is 6.07 Å². The molecule has 0 unspecified atom stereocenters. The van der Waals surface area contributed by atoms with Gasteiger partial charge >= 0.3 is 0 Å². The van der Waals surface area contributed by atoms with Gasteiger partial charge in [0.25, 0.3) is 0 Å². The SMILES string of the molecule is Fc1cc(F)cc(-c2cc(F)ccc2CNC2CC2)c1. The first-order chi connectivity index (χ1) is 9.61. The summed E-state index contributed by atoms with van der Waals surface area (Å²) >= 11 is 0. The highest BCUT2D eigenvalue weighted by atomic mass is 19.1. The Bertz CT molecular complexity index is 615. The maximum absolute atomic E-state index is 13.4. The molecule has 20 heavy (non-hydrogen) atoms. The molecule has 0 atom stereocenters. The van der Waals surface area contributed by atoms with E-state index in [2.05, 4.69) is 5.32 Å². The lowest BCUT2D eigenvalue weighted by atomic mass is 9.99. The van der Waals surface area contributed by atoms with Gasteiger partial charge in [-0.25, -0.2) is 13.2 Å². The monoisotopic (exact) mass is 277 g/mol. The molecular weight excluding hydrogens is 263 g/mol. The number of hydrogen-bond donors (Lipinski definition) is 1. The van der Waals surface area contributed by atoms with Gasteiger partial charge in [0.15, 0.2) is 0 Å². The van der Waals surface area contributed by atoms with Crippen LogP contribution < -0.4 is 5.32 Å². The van der Waals surface area contributed by atoms with Crippen LogP contribution in [0.3, 0.4) is 0 Å². The lowest BCUT2D eigenvalue weighted by molar-refractivity contribution is 0.584. The smallest absolute Gasteiger partial charge is 0.126 e. The quantitative estimate of drug-likeness (QED) is 0.890. The van der Waals surface area contributed by atoms with Crippen LogP contribution in [0.5, 0.6) is 0 Å². The van der Waals surface area contributed by atoms with Crippen molar-refractivity contribution in [2.24, 2.45) is 0 Å². The van der Waals surface area contributed by atoms with Crippen LogP contribution in [-0.4, -0.2) is 6.04 Å². The first-order valence-electron chi connectivity index (χ1n) is 6.60. The van der Waals surface area contributed by atoms with Gasteiger partial charge in [-0.3, -0.25) is 0 Å². The molecule has 0 heterocycles. The van der Waals surface area contributed by atoms with Gasteiger partial charge in [0.2, 0.25) is 0 Å². The van der Waals surface area contributed by atoms with Crippen LogP contribution in [0.1, 0.15) is 18.4 Å². The van der Waals surface area contributed by atoms with E-state index in [0.29, 0.717) is 23.7 Å². The first kappa shape index (κ1) is 13.2. The fourth-order valence-corrected chi connectivity index (χ4v) is 2.22. The molecule has 0 saturated heterocycles. The van der Waals surface area contributed by atoms with Crippen LogP contribution in [0, 0.1) is 17.5 Å². The molecule has 1 nitrogen and oxygen atoms in total. The normalized spacial score (nSPS) is 14.6. The molecule has 0 radical (unpaired) electrons. The maximum atomic E-state index is 13.4. The van der Waals surface area contributed by atoms with Crippen molar-refractivity contribution in [3.63, 3.8) is 0 Å². The van der Waals surface area contributed by atoms with E-state index in [9.17, 15) is 13.2 Å². The zero-order valence-electron chi connectivity index (χ0n) is 10.8. The van der Waals surface area contributed by atoms with Gasteiger partial charge in [-0.1, -0.05) is 6.07 Å². The molecule has 1 fully saturated rings. The van der Waals surface area contributed by atoms with Crippen molar-refractivity contribution in [3.8, 4) is 11.1 Å². The van der Waals surface area contributed by atoms with Gasteiger partial charge in [-0.2, -0.15) is 0 Å². The molecule has 2 aromatic rings. The van der Waals surface area contributed by atoms with Gasteiger partial charge in [0.1, 0.15) is 17.5 Å². The summed E-state index contributed by atoms with van der Waals surface area (Å²) in [6, 6.07) is 8.10. The minimum atomic E-state index is -0.662. The van der Waals surface area contributed by atoms with Gasteiger partial charge in [0.05, 0.1) is 0 Å². The van der Waals surface area contributed by atoms with Gasteiger partial charge in [-0.05, 0) is 53.8 Å². The Labute approximate surface area is 115 Å². The topological polar surface area (TPSA) is 12.0 Å². The Morgan fingerprint density at radius 3 is 2.25 bits per heavy atom. The number of rotatable bonds is 4. The second kappa shape index (κ2) is 5.29. The predicted octanol–water partition coefficient (Wildman–Crippen LogP) is 4.02. The first-order valence-corrected chi connectivity index (χ1v) is 6.60. The number of halogens is 3. The highest BCUT2D eigenvalue weighted by molar-refractivity contribution is 5.67. The highest BCUT2D eigenvalue weighted by Crippen LogP contribution is 2.27. The molecule has 1 aliphatic rings. The Morgan fingerprint density at radius 1 is 0.900 bits per heavy atom. The van der Waals surface area contributed by atoms with E-state index in [1.165, 1.54) is 24.3 Å². The second-order valence-corrected chi connectivity index (χ2v) is 5.11. The lowest BCUT2D eigenvalue weighted by Crippen LogP contribution is -2.16. The molecule has 0 aromatic heterocycles. The third-order valence-corrected chi connectivity index (χ3v) is 3.40. The molecule has 0 aliphatic heterocycles. The van der Waals surface area contributed by atoms with Gasteiger partial charge < -0.3 is 5.32 Å². The lowest BCUT2D eigenvalue weighted by Gasteiger charge is -2.11. The second-order valence-electron chi connectivity index (χ2n) is 5.11. The van der Waals surface area contributed by atoms with Crippen molar-refractivity contribution in [3.05, 3.63) is 59.4 Å². The molecule has 1 saturated carbocycles. The zero-order chi connectivity index (χ0) is 14.1. The summed E-state index contributed by atoms with van der Waals surface area (Å²) in [5, 5.41) is 3.32. The predicted molar refractivity (Wildman–Crippen MR) is 71.6 cm³/mol. The van der Waals surface area contributed by atoms with Crippen molar-refractivity contribution < 1.29 is 13.2 Å². The summed E-state index contributed by atoms with van der Waals surface area (Å²) in [5.74, 6) is -1.74. The molecule has 1 N–H and O–H groups in total. The Kier molecular flexibility index (Phi) is 3.49. The maximum Gasteiger partial charge on any atom is 0.126 e. The summed E-state index contributed by atoms with van der Waals surface area (Å²) in [6.07, 6.45) is 2.29. The van der Waals surface area contributed by atoms with Crippen molar-refractivity contribution >= 4 is 0 Å². The van der Waals surface area contributed by atoms with Gasteiger partial charge in [0, 0.05) is 18.7 Å². The van der Waals surface area contributed by atoms with E-state index < -0.39 is 17.5 Å². The average molecular weight is 277 g/mol. The van der Waals surface area contributed by atoms with Crippen LogP contribution in [0.2, 0.25) is 0 Å². The molecule has 3 rings (SSSR count). The molecule has 0 spiro atoms. The third kappa shape index (κ3) is 3.02. The van der Waals surface area contributed by atoms with Crippen LogP contribution in [0.25, 0.3) is 11.1 Å². The van der Waals surface area contributed by atoms with Crippen molar-refractivity contribution in [1.29, 1.82) is 0 Å². The van der Waals surface area contributed by atoms with Crippen LogP contribution >= 0.6 is 0 Å². The summed E-state index contributed by atoms with van der Waals surface area (Å²) in [4.78, 5) is 0. The third-order valence-electron chi connectivity index (χ3n) is 3.40. The zero-order valence-corrected chi connectivity index (χ0v) is 10.8. The fourth-order valence-electron chi connectivity index (χ4n) is 2.22. The molecule has 104 valence electrons. The van der Waals surface area contributed by atoms with E-state index in [0.717, 1.165) is 24.5 Å². The largest absolute Gasteiger partial charge is 0.310 e. The molecule has 0 bridgehead atoms. The Hall–Kier alpha value is -1.81. The number of benzene rings is 2. The molecular formula is C16H14F3N. The average Bonchev–Trinajstić information content (AvgIpc) is 3.20. The van der Waals surface area contributed by atoms with Crippen molar-refractivity contribution in [2.45, 2.75) is 25.4 Å². The number of nitrogens with one attached hydrogen (secondary N) is 1. The van der Waals surface area contributed by atoms with E-state index >= 15 is 0 Å². The van der Waals surface area contributed by atoms with E-state index in [-0.39, 0.29) is 0 Å². The number of hydrogen-bond acceptors (Lipinski definition) is 1. The molecule has 4 heteroatoms. The van der Waals surface area contributed by atoms with Crippen LogP contribution in [0.15, 0.2) is 36.4 Å². The molecule has 2 aromatic carbocycles. The standard InChI is InChI=1S/C16H14F3N/c17-12-2-1-10(9-20-15-3-4-15)16(8-12)11-5-13(18)7-14(19)6-11/h1-2,5-8,15,20H,3-4,9H2. The summed E-state index contributed by atoms with van der Waals surface area (Å²) in [6.45, 7) is 0.568. The van der Waals surface area contributed by atoms with Crippen molar-refractivity contribution in [1.82, 2.24) is 5.32 Å². The fraction of sp³-hybridized carbons (Fsp3) is 0.250. The minimum Gasteiger partial charge on any atom is -0.310 e. The highest BCUT2D eigenvalue weighted by Gasteiger charge is 2.20. The van der Waals surface area contributed by atoms with Crippen molar-refractivity contribution in [2.75, 3.05) is 0 Å².